The Balaban J connectivity index is 1.23. The Morgan fingerprint density at radius 1 is 1.17 bits per heavy atom. The van der Waals surface area contributed by atoms with Crippen LogP contribution in [0.3, 0.4) is 0 Å². The molecule has 0 unspecified atom stereocenters. The summed E-state index contributed by atoms with van der Waals surface area (Å²) < 4.78 is 7.70. The van der Waals surface area contributed by atoms with E-state index in [4.69, 9.17) is 4.74 Å². The number of anilines is 1. The molecule has 1 aliphatic heterocycles. The average molecular weight is 399 g/mol. The van der Waals surface area contributed by atoms with Crippen molar-refractivity contribution in [1.29, 1.82) is 0 Å². The first-order chi connectivity index (χ1) is 14.1. The number of rotatable bonds is 7. The van der Waals surface area contributed by atoms with E-state index in [1.807, 2.05) is 41.1 Å². The summed E-state index contributed by atoms with van der Waals surface area (Å²) in [5.41, 5.74) is -0.843. The number of nitrogens with zero attached hydrogens (tertiary/aromatic N) is 3. The van der Waals surface area contributed by atoms with Gasteiger partial charge in [0.2, 0.25) is 5.91 Å². The second-order valence-electron chi connectivity index (χ2n) is 8.25. The quantitative estimate of drug-likeness (QED) is 0.750. The predicted octanol–water partition coefficient (Wildman–Crippen LogP) is 2.84. The Hall–Kier alpha value is -2.38. The van der Waals surface area contributed by atoms with Gasteiger partial charge in [-0.15, -0.1) is 0 Å². The number of ether oxygens (including phenoxy) is 1. The van der Waals surface area contributed by atoms with E-state index in [1.54, 1.807) is 6.20 Å². The van der Waals surface area contributed by atoms with Gasteiger partial charge in [0.25, 0.3) is 0 Å². The van der Waals surface area contributed by atoms with Gasteiger partial charge in [0.1, 0.15) is 23.8 Å². The number of piperidine rings is 1. The number of aromatic nitrogens is 2. The first-order valence-corrected chi connectivity index (χ1v) is 10.6. The van der Waals surface area contributed by atoms with E-state index in [1.165, 1.54) is 12.8 Å². The molecule has 2 aliphatic rings. The molecule has 156 valence electrons. The van der Waals surface area contributed by atoms with Crippen LogP contribution >= 0.6 is 0 Å². The zero-order valence-corrected chi connectivity index (χ0v) is 16.8. The van der Waals surface area contributed by atoms with E-state index in [0.717, 1.165) is 24.4 Å². The van der Waals surface area contributed by atoms with Gasteiger partial charge in [-0.25, -0.2) is 4.68 Å². The molecule has 2 aromatic rings. The number of carbonyl (C=O) groups excluding carboxylic acids is 1. The third-order valence-corrected chi connectivity index (χ3v) is 6.01. The van der Waals surface area contributed by atoms with Crippen molar-refractivity contribution in [2.75, 3.05) is 31.6 Å². The minimum atomic E-state index is -0.843. The van der Waals surface area contributed by atoms with Crippen molar-refractivity contribution in [3.8, 4) is 5.75 Å². The van der Waals surface area contributed by atoms with Crippen LogP contribution in [0.15, 0.2) is 42.6 Å². The molecule has 2 heterocycles. The standard InChI is InChI=1S/C22H30N4O3/c27-21(24-20-10-13-23-26(20)18-6-4-5-7-18)16-25-14-11-22(28,12-15-25)17-29-19-8-2-1-3-9-19/h1-3,8-10,13,18,28H,4-7,11-12,14-17H2,(H,24,27). The second kappa shape index (κ2) is 8.97. The molecule has 1 aromatic heterocycles. The Morgan fingerprint density at radius 2 is 1.90 bits per heavy atom. The summed E-state index contributed by atoms with van der Waals surface area (Å²) in [6.07, 6.45) is 7.63. The van der Waals surface area contributed by atoms with Crippen molar-refractivity contribution in [2.24, 2.45) is 0 Å². The van der Waals surface area contributed by atoms with Gasteiger partial charge in [0.05, 0.1) is 18.8 Å². The zero-order chi connectivity index (χ0) is 20.1. The van der Waals surface area contributed by atoms with Gasteiger partial charge in [-0.1, -0.05) is 31.0 Å². The van der Waals surface area contributed by atoms with Crippen molar-refractivity contribution in [3.05, 3.63) is 42.6 Å². The summed E-state index contributed by atoms with van der Waals surface area (Å²) in [6.45, 7) is 1.94. The normalized spacial score (nSPS) is 19.9. The molecule has 0 bridgehead atoms. The SMILES string of the molecule is O=C(CN1CCC(O)(COc2ccccc2)CC1)Nc1ccnn1C1CCCC1. The van der Waals surface area contributed by atoms with Crippen molar-refractivity contribution >= 4 is 11.7 Å². The molecule has 7 heteroatoms. The van der Waals surface area contributed by atoms with E-state index >= 15 is 0 Å². The van der Waals surface area contributed by atoms with Crippen LogP contribution in [-0.4, -0.2) is 57.5 Å². The number of carbonyl (C=O) groups is 1. The number of benzene rings is 1. The smallest absolute Gasteiger partial charge is 0.239 e. The fourth-order valence-electron chi connectivity index (χ4n) is 4.24. The summed E-state index contributed by atoms with van der Waals surface area (Å²) in [4.78, 5) is 14.6. The van der Waals surface area contributed by atoms with Crippen molar-refractivity contribution in [1.82, 2.24) is 14.7 Å². The summed E-state index contributed by atoms with van der Waals surface area (Å²) in [5.74, 6) is 1.52. The fraction of sp³-hybridized carbons (Fsp3) is 0.545. The molecule has 2 N–H and O–H groups in total. The molecule has 1 aliphatic carbocycles. The molecule has 29 heavy (non-hydrogen) atoms. The van der Waals surface area contributed by atoms with Gasteiger partial charge in [0.15, 0.2) is 0 Å². The van der Waals surface area contributed by atoms with Crippen LogP contribution in [0.4, 0.5) is 5.82 Å². The number of hydrogen-bond acceptors (Lipinski definition) is 5. The van der Waals surface area contributed by atoms with Gasteiger partial charge in [0, 0.05) is 19.2 Å². The van der Waals surface area contributed by atoms with Crippen LogP contribution in [0.5, 0.6) is 5.75 Å². The number of likely N-dealkylation sites (tertiary alicyclic amines) is 1. The zero-order valence-electron chi connectivity index (χ0n) is 16.8. The lowest BCUT2D eigenvalue weighted by molar-refractivity contribution is -0.119. The van der Waals surface area contributed by atoms with E-state index in [-0.39, 0.29) is 12.5 Å². The lowest BCUT2D eigenvalue weighted by Crippen LogP contribution is -2.49. The van der Waals surface area contributed by atoms with E-state index in [9.17, 15) is 9.90 Å². The van der Waals surface area contributed by atoms with Crippen molar-refractivity contribution in [3.63, 3.8) is 0 Å². The van der Waals surface area contributed by atoms with Crippen LogP contribution in [0, 0.1) is 0 Å². The number of hydrogen-bond donors (Lipinski definition) is 2. The molecular formula is C22H30N4O3. The molecule has 7 nitrogen and oxygen atoms in total. The van der Waals surface area contributed by atoms with Crippen LogP contribution < -0.4 is 10.1 Å². The minimum Gasteiger partial charge on any atom is -0.491 e. The van der Waals surface area contributed by atoms with Crippen LogP contribution in [0.1, 0.15) is 44.6 Å². The summed E-state index contributed by atoms with van der Waals surface area (Å²) in [6, 6.07) is 11.8. The molecule has 4 rings (SSSR count). The van der Waals surface area contributed by atoms with Crippen molar-refractivity contribution in [2.45, 2.75) is 50.2 Å². The largest absolute Gasteiger partial charge is 0.491 e. The molecule has 1 saturated carbocycles. The Labute approximate surface area is 171 Å². The van der Waals surface area contributed by atoms with Crippen LogP contribution in [0.25, 0.3) is 0 Å². The van der Waals surface area contributed by atoms with Gasteiger partial charge in [-0.3, -0.25) is 9.69 Å². The molecule has 1 amide bonds. The summed E-state index contributed by atoms with van der Waals surface area (Å²) in [5, 5.41) is 18.2. The van der Waals surface area contributed by atoms with Gasteiger partial charge >= 0.3 is 0 Å². The maximum atomic E-state index is 12.5. The second-order valence-corrected chi connectivity index (χ2v) is 8.25. The number of para-hydroxylation sites is 1. The number of aliphatic hydroxyl groups is 1. The highest BCUT2D eigenvalue weighted by atomic mass is 16.5. The Kier molecular flexibility index (Phi) is 6.16. The summed E-state index contributed by atoms with van der Waals surface area (Å²) >= 11 is 0. The van der Waals surface area contributed by atoms with Crippen molar-refractivity contribution < 1.29 is 14.6 Å². The average Bonchev–Trinajstić information content (AvgIpc) is 3.41. The molecule has 0 radical (unpaired) electrons. The van der Waals surface area contributed by atoms with Gasteiger partial charge < -0.3 is 15.2 Å². The minimum absolute atomic E-state index is 0.0317. The summed E-state index contributed by atoms with van der Waals surface area (Å²) in [7, 11) is 0. The van der Waals surface area contributed by atoms with E-state index in [0.29, 0.717) is 38.5 Å². The number of nitrogens with one attached hydrogen (secondary N) is 1. The highest BCUT2D eigenvalue weighted by Gasteiger charge is 2.33. The van der Waals surface area contributed by atoms with Gasteiger partial charge in [-0.2, -0.15) is 5.10 Å². The molecule has 1 aromatic carbocycles. The van der Waals surface area contributed by atoms with Crippen LogP contribution in [0.2, 0.25) is 0 Å². The molecule has 1 saturated heterocycles. The monoisotopic (exact) mass is 398 g/mol. The third-order valence-electron chi connectivity index (χ3n) is 6.01. The Morgan fingerprint density at radius 3 is 2.62 bits per heavy atom. The maximum absolute atomic E-state index is 12.5. The number of amides is 1. The molecule has 0 spiro atoms. The van der Waals surface area contributed by atoms with E-state index < -0.39 is 5.60 Å². The topological polar surface area (TPSA) is 79.6 Å². The first kappa shape index (κ1) is 19.9. The molecule has 0 atom stereocenters. The molecule has 2 fully saturated rings. The van der Waals surface area contributed by atoms with Gasteiger partial charge in [-0.05, 0) is 37.8 Å². The van der Waals surface area contributed by atoms with Crippen LogP contribution in [-0.2, 0) is 4.79 Å². The fourth-order valence-corrected chi connectivity index (χ4v) is 4.24. The third kappa shape index (κ3) is 5.16. The first-order valence-electron chi connectivity index (χ1n) is 10.6. The van der Waals surface area contributed by atoms with E-state index in [2.05, 4.69) is 15.3 Å². The maximum Gasteiger partial charge on any atom is 0.239 e. The lowest BCUT2D eigenvalue weighted by Gasteiger charge is -2.37. The Bertz CT molecular complexity index is 793. The highest BCUT2D eigenvalue weighted by molar-refractivity contribution is 5.91. The molecular weight excluding hydrogens is 368 g/mol. The lowest BCUT2D eigenvalue weighted by atomic mass is 9.92. The highest BCUT2D eigenvalue weighted by Crippen LogP contribution is 2.31. The predicted molar refractivity (Wildman–Crippen MR) is 111 cm³/mol.